The van der Waals surface area contributed by atoms with Crippen LogP contribution in [0.15, 0.2) is 18.3 Å². The molecular formula is C19H26F3N3O2. The molecule has 5 nitrogen and oxygen atoms in total. The van der Waals surface area contributed by atoms with E-state index in [1.807, 2.05) is 20.8 Å². The van der Waals surface area contributed by atoms with Gasteiger partial charge in [-0.25, -0.2) is 4.79 Å². The maximum absolute atomic E-state index is 12.6. The monoisotopic (exact) mass is 385 g/mol. The Balaban J connectivity index is 1.55. The van der Waals surface area contributed by atoms with Crippen LogP contribution in [0.3, 0.4) is 0 Å². The molecule has 0 bridgehead atoms. The molecule has 27 heavy (non-hydrogen) atoms. The summed E-state index contributed by atoms with van der Waals surface area (Å²) in [7, 11) is 0. The van der Waals surface area contributed by atoms with E-state index in [2.05, 4.69) is 9.88 Å². The summed E-state index contributed by atoms with van der Waals surface area (Å²) in [5, 5.41) is 0. The van der Waals surface area contributed by atoms with Gasteiger partial charge in [-0.05, 0) is 52.3 Å². The highest BCUT2D eigenvalue weighted by molar-refractivity contribution is 5.68. The van der Waals surface area contributed by atoms with Crippen molar-refractivity contribution in [2.24, 2.45) is 5.41 Å². The lowest BCUT2D eigenvalue weighted by Gasteiger charge is -2.27. The van der Waals surface area contributed by atoms with Crippen molar-refractivity contribution in [3.05, 3.63) is 29.6 Å². The molecule has 2 aliphatic heterocycles. The first kappa shape index (κ1) is 19.9. The van der Waals surface area contributed by atoms with Gasteiger partial charge < -0.3 is 9.64 Å². The topological polar surface area (TPSA) is 45.7 Å². The van der Waals surface area contributed by atoms with Gasteiger partial charge in [-0.2, -0.15) is 13.2 Å². The number of rotatable bonds is 2. The summed E-state index contributed by atoms with van der Waals surface area (Å²) in [5.41, 5.74) is -0.569. The number of carbonyl (C=O) groups is 1. The zero-order valence-corrected chi connectivity index (χ0v) is 16.0. The molecule has 0 radical (unpaired) electrons. The van der Waals surface area contributed by atoms with Crippen LogP contribution in [0.2, 0.25) is 0 Å². The lowest BCUT2D eigenvalue weighted by atomic mass is 9.86. The van der Waals surface area contributed by atoms with E-state index in [0.717, 1.165) is 38.2 Å². The van der Waals surface area contributed by atoms with Crippen molar-refractivity contribution in [3.8, 4) is 0 Å². The largest absolute Gasteiger partial charge is 0.444 e. The normalized spacial score (nSPS) is 24.0. The standard InChI is InChI=1S/C19H26F3N3O2/c1-17(2,3)27-16(26)25-9-7-18(13-25)6-8-24(12-18)11-15-5-4-14(10-23-15)19(20,21)22/h4-5,10H,6-9,11-13H2,1-3H3. The number of likely N-dealkylation sites (tertiary alicyclic amines) is 2. The third kappa shape index (κ3) is 4.91. The molecule has 2 aliphatic rings. The van der Waals surface area contributed by atoms with E-state index < -0.39 is 17.3 Å². The Labute approximate surface area is 157 Å². The third-order valence-electron chi connectivity index (χ3n) is 5.15. The second kappa shape index (κ2) is 6.96. The molecule has 1 aromatic heterocycles. The minimum Gasteiger partial charge on any atom is -0.444 e. The summed E-state index contributed by atoms with van der Waals surface area (Å²) in [6.07, 6.45) is -1.86. The van der Waals surface area contributed by atoms with Gasteiger partial charge in [-0.3, -0.25) is 9.88 Å². The molecule has 0 N–H and O–H groups in total. The summed E-state index contributed by atoms with van der Waals surface area (Å²) in [6.45, 7) is 9.09. The van der Waals surface area contributed by atoms with Crippen LogP contribution in [0.5, 0.6) is 0 Å². The van der Waals surface area contributed by atoms with Crippen molar-refractivity contribution in [3.63, 3.8) is 0 Å². The Morgan fingerprint density at radius 3 is 2.48 bits per heavy atom. The molecule has 0 aromatic carbocycles. The van der Waals surface area contributed by atoms with Gasteiger partial charge in [-0.15, -0.1) is 0 Å². The first-order valence-electron chi connectivity index (χ1n) is 9.18. The minimum atomic E-state index is -4.36. The van der Waals surface area contributed by atoms with Crippen LogP contribution in [0.25, 0.3) is 0 Å². The van der Waals surface area contributed by atoms with Gasteiger partial charge in [0.25, 0.3) is 0 Å². The van der Waals surface area contributed by atoms with E-state index in [-0.39, 0.29) is 11.5 Å². The van der Waals surface area contributed by atoms with Gasteiger partial charge >= 0.3 is 12.3 Å². The van der Waals surface area contributed by atoms with Crippen LogP contribution in [0.4, 0.5) is 18.0 Å². The minimum absolute atomic E-state index is 0.0445. The molecule has 2 fully saturated rings. The molecule has 2 saturated heterocycles. The van der Waals surface area contributed by atoms with Crippen LogP contribution in [-0.2, 0) is 17.5 Å². The highest BCUT2D eigenvalue weighted by Crippen LogP contribution is 2.40. The zero-order chi connectivity index (χ0) is 19.9. The van der Waals surface area contributed by atoms with E-state index >= 15 is 0 Å². The van der Waals surface area contributed by atoms with Crippen molar-refractivity contribution in [2.75, 3.05) is 26.2 Å². The molecule has 0 saturated carbocycles. The SMILES string of the molecule is CC(C)(C)OC(=O)N1CCC2(CCN(Cc3ccc(C(F)(F)F)cn3)C2)C1. The van der Waals surface area contributed by atoms with Gasteiger partial charge in [0.05, 0.1) is 11.3 Å². The number of carbonyl (C=O) groups excluding carboxylic acids is 1. The van der Waals surface area contributed by atoms with Gasteiger partial charge in [0.2, 0.25) is 0 Å². The van der Waals surface area contributed by atoms with Gasteiger partial charge in [-0.1, -0.05) is 0 Å². The predicted octanol–water partition coefficient (Wildman–Crippen LogP) is 3.93. The molecule has 8 heteroatoms. The first-order chi connectivity index (χ1) is 12.5. The lowest BCUT2D eigenvalue weighted by molar-refractivity contribution is -0.137. The Hall–Kier alpha value is -1.83. The average molecular weight is 385 g/mol. The molecular weight excluding hydrogens is 359 g/mol. The molecule has 1 atom stereocenters. The third-order valence-corrected chi connectivity index (χ3v) is 5.15. The van der Waals surface area contributed by atoms with Crippen LogP contribution >= 0.6 is 0 Å². The van der Waals surface area contributed by atoms with Crippen molar-refractivity contribution in [2.45, 2.75) is 51.9 Å². The summed E-state index contributed by atoms with van der Waals surface area (Å²) < 4.78 is 43.4. The molecule has 1 unspecified atom stereocenters. The lowest BCUT2D eigenvalue weighted by Crippen LogP contribution is -2.37. The maximum Gasteiger partial charge on any atom is 0.417 e. The van der Waals surface area contributed by atoms with Crippen LogP contribution in [0.1, 0.15) is 44.9 Å². The highest BCUT2D eigenvalue weighted by atomic mass is 19.4. The fraction of sp³-hybridized carbons (Fsp3) is 0.684. The van der Waals surface area contributed by atoms with Crippen LogP contribution in [0, 0.1) is 5.41 Å². The van der Waals surface area contributed by atoms with E-state index in [1.165, 1.54) is 6.07 Å². The maximum atomic E-state index is 12.6. The Morgan fingerprint density at radius 1 is 1.19 bits per heavy atom. The second-order valence-corrected chi connectivity index (χ2v) is 8.65. The Kier molecular flexibility index (Phi) is 5.14. The van der Waals surface area contributed by atoms with Crippen molar-refractivity contribution >= 4 is 6.09 Å². The first-order valence-corrected chi connectivity index (χ1v) is 9.18. The number of ether oxygens (including phenoxy) is 1. The number of amides is 1. The smallest absolute Gasteiger partial charge is 0.417 e. The molecule has 3 rings (SSSR count). The molecule has 1 spiro atoms. The second-order valence-electron chi connectivity index (χ2n) is 8.65. The Morgan fingerprint density at radius 2 is 1.89 bits per heavy atom. The number of alkyl halides is 3. The average Bonchev–Trinajstić information content (AvgIpc) is 3.13. The number of hydrogen-bond donors (Lipinski definition) is 0. The van der Waals surface area contributed by atoms with Crippen molar-refractivity contribution in [1.82, 2.24) is 14.8 Å². The van der Waals surface area contributed by atoms with Crippen LogP contribution < -0.4 is 0 Å². The molecule has 1 aromatic rings. The van der Waals surface area contributed by atoms with Gasteiger partial charge in [0, 0.05) is 37.8 Å². The molecule has 150 valence electrons. The quantitative estimate of drug-likeness (QED) is 0.774. The fourth-order valence-electron chi connectivity index (χ4n) is 3.83. The number of aromatic nitrogens is 1. The summed E-state index contributed by atoms with van der Waals surface area (Å²) in [5.74, 6) is 0. The number of halogens is 3. The van der Waals surface area contributed by atoms with Crippen molar-refractivity contribution in [1.29, 1.82) is 0 Å². The van der Waals surface area contributed by atoms with E-state index in [1.54, 1.807) is 4.90 Å². The molecule has 1 amide bonds. The highest BCUT2D eigenvalue weighted by Gasteiger charge is 2.45. The molecule has 3 heterocycles. The van der Waals surface area contributed by atoms with E-state index in [4.69, 9.17) is 4.74 Å². The summed E-state index contributed by atoms with van der Waals surface area (Å²) in [4.78, 5) is 20.2. The number of hydrogen-bond acceptors (Lipinski definition) is 4. The number of nitrogens with zero attached hydrogens (tertiary/aromatic N) is 3. The fourth-order valence-corrected chi connectivity index (χ4v) is 3.83. The van der Waals surface area contributed by atoms with E-state index in [9.17, 15) is 18.0 Å². The van der Waals surface area contributed by atoms with Gasteiger partial charge in [0.15, 0.2) is 0 Å². The van der Waals surface area contributed by atoms with Crippen LogP contribution in [-0.4, -0.2) is 52.7 Å². The number of pyridine rings is 1. The van der Waals surface area contributed by atoms with Gasteiger partial charge in [0.1, 0.15) is 5.60 Å². The zero-order valence-electron chi connectivity index (χ0n) is 16.0. The Bertz CT molecular complexity index is 685. The van der Waals surface area contributed by atoms with E-state index in [0.29, 0.717) is 25.3 Å². The van der Waals surface area contributed by atoms with Crippen molar-refractivity contribution < 1.29 is 22.7 Å². The predicted molar refractivity (Wildman–Crippen MR) is 94.0 cm³/mol. The summed E-state index contributed by atoms with van der Waals surface area (Å²) in [6, 6.07) is 2.52. The molecule has 0 aliphatic carbocycles. The summed E-state index contributed by atoms with van der Waals surface area (Å²) >= 11 is 0.